The third-order valence-corrected chi connectivity index (χ3v) is 8.06. The average molecular weight is 557 g/mol. The van der Waals surface area contributed by atoms with Crippen molar-refractivity contribution in [3.63, 3.8) is 0 Å². The Bertz CT molecular complexity index is 1750. The van der Waals surface area contributed by atoms with Crippen LogP contribution in [0.25, 0.3) is 10.9 Å². The van der Waals surface area contributed by atoms with Crippen LogP contribution in [-0.4, -0.2) is 50.6 Å². The van der Waals surface area contributed by atoms with Gasteiger partial charge in [0.05, 0.1) is 29.6 Å². The first-order valence-electron chi connectivity index (χ1n) is 12.7. The van der Waals surface area contributed by atoms with Crippen LogP contribution in [0.3, 0.4) is 0 Å². The number of aromatic hydroxyl groups is 1. The van der Waals surface area contributed by atoms with E-state index in [1.54, 1.807) is 12.3 Å². The Labute approximate surface area is 232 Å². The Hall–Kier alpha value is -5.23. The lowest BCUT2D eigenvalue weighted by Crippen LogP contribution is -2.57. The highest BCUT2D eigenvalue weighted by Crippen LogP contribution is 2.53. The number of anilines is 1. The number of amides is 2. The molecule has 1 aromatic heterocycles. The number of aromatic amines is 1. The number of carbonyl (C=O) groups is 3. The molecular weight excluding hydrogens is 532 g/mol. The number of nitrogens with one attached hydrogen (secondary N) is 2. The third-order valence-electron chi connectivity index (χ3n) is 8.06. The Kier molecular flexibility index (Phi) is 6.00. The quantitative estimate of drug-likeness (QED) is 0.151. The SMILES string of the molecule is COc1cccc(C2NC(Cc3c[nH]c4ccccc34)(C(=O)O)C3C(=O)N(c4cccc([N+](=O)[O-])c4)C(=O)C23)c1O. The Morgan fingerprint density at radius 3 is 2.59 bits per heavy atom. The number of phenolic OH excluding ortho intramolecular Hbond substituents is 1. The van der Waals surface area contributed by atoms with Gasteiger partial charge in [-0.25, -0.2) is 4.90 Å². The number of carboxylic acid groups (broad SMARTS) is 1. The number of carbonyl (C=O) groups excluding carboxylic acids is 2. The van der Waals surface area contributed by atoms with Gasteiger partial charge in [0.25, 0.3) is 5.69 Å². The van der Waals surface area contributed by atoms with Crippen molar-refractivity contribution in [2.75, 3.05) is 12.0 Å². The molecule has 2 aliphatic heterocycles. The minimum atomic E-state index is -1.97. The maximum atomic E-state index is 14.1. The predicted octanol–water partition coefficient (Wildman–Crippen LogP) is 3.31. The van der Waals surface area contributed by atoms with E-state index in [9.17, 15) is 34.7 Å². The smallest absolute Gasteiger partial charge is 0.325 e. The number of hydrogen-bond acceptors (Lipinski definition) is 8. The zero-order chi connectivity index (χ0) is 29.1. The van der Waals surface area contributed by atoms with Gasteiger partial charge in [-0.1, -0.05) is 36.4 Å². The summed E-state index contributed by atoms with van der Waals surface area (Å²) in [5.41, 5.74) is -0.779. The number of aromatic nitrogens is 1. The van der Waals surface area contributed by atoms with E-state index in [0.717, 1.165) is 21.9 Å². The number of hydrogen-bond donors (Lipinski definition) is 4. The van der Waals surface area contributed by atoms with Crippen LogP contribution in [0.5, 0.6) is 11.5 Å². The van der Waals surface area contributed by atoms with Crippen molar-refractivity contribution in [3.8, 4) is 11.5 Å². The average Bonchev–Trinajstić information content (AvgIpc) is 3.61. The second-order valence-corrected chi connectivity index (χ2v) is 10.1. The molecule has 41 heavy (non-hydrogen) atoms. The maximum absolute atomic E-state index is 14.1. The predicted molar refractivity (Wildman–Crippen MR) is 145 cm³/mol. The summed E-state index contributed by atoms with van der Waals surface area (Å²) >= 11 is 0. The number of rotatable bonds is 7. The molecular formula is C29H24N4O8. The van der Waals surface area contributed by atoms with Crippen molar-refractivity contribution in [2.24, 2.45) is 11.8 Å². The molecule has 0 spiro atoms. The number of nitro benzene ring substituents is 1. The highest BCUT2D eigenvalue weighted by Gasteiger charge is 2.69. The number of methoxy groups -OCH3 is 1. The number of ether oxygens (including phenoxy) is 1. The fourth-order valence-electron chi connectivity index (χ4n) is 6.24. The lowest BCUT2D eigenvalue weighted by molar-refractivity contribution is -0.384. The molecule has 6 rings (SSSR count). The largest absolute Gasteiger partial charge is 0.504 e. The first-order chi connectivity index (χ1) is 19.7. The summed E-state index contributed by atoms with van der Waals surface area (Å²) in [6.45, 7) is 0. The molecule has 4 N–H and O–H groups in total. The highest BCUT2D eigenvalue weighted by atomic mass is 16.6. The van der Waals surface area contributed by atoms with E-state index >= 15 is 0 Å². The van der Waals surface area contributed by atoms with Crippen molar-refractivity contribution < 1.29 is 34.3 Å². The van der Waals surface area contributed by atoms with Crippen LogP contribution in [0.1, 0.15) is 17.2 Å². The maximum Gasteiger partial charge on any atom is 0.325 e. The molecule has 2 saturated heterocycles. The van der Waals surface area contributed by atoms with Crippen molar-refractivity contribution in [1.29, 1.82) is 0 Å². The number of nitrogens with zero attached hydrogens (tertiary/aromatic N) is 2. The summed E-state index contributed by atoms with van der Waals surface area (Å²) in [7, 11) is 1.36. The number of phenols is 1. The van der Waals surface area contributed by atoms with E-state index in [2.05, 4.69) is 10.3 Å². The molecule has 208 valence electrons. The van der Waals surface area contributed by atoms with Gasteiger partial charge in [-0.05, 0) is 23.8 Å². The summed E-state index contributed by atoms with van der Waals surface area (Å²) in [4.78, 5) is 56.1. The molecule has 0 bridgehead atoms. The van der Waals surface area contributed by atoms with Gasteiger partial charge < -0.3 is 19.9 Å². The van der Waals surface area contributed by atoms with Crippen LogP contribution in [0.4, 0.5) is 11.4 Å². The van der Waals surface area contributed by atoms with E-state index in [4.69, 9.17) is 4.74 Å². The molecule has 4 atom stereocenters. The summed E-state index contributed by atoms with van der Waals surface area (Å²) in [5, 5.41) is 37.0. The summed E-state index contributed by atoms with van der Waals surface area (Å²) in [6.07, 6.45) is 1.50. The first kappa shape index (κ1) is 26.0. The van der Waals surface area contributed by atoms with Gasteiger partial charge in [-0.2, -0.15) is 0 Å². The number of imide groups is 1. The zero-order valence-corrected chi connectivity index (χ0v) is 21.6. The molecule has 2 amide bonds. The highest BCUT2D eigenvalue weighted by molar-refractivity contribution is 6.24. The van der Waals surface area contributed by atoms with Crippen LogP contribution in [0, 0.1) is 22.0 Å². The normalized spacial score (nSPS) is 23.6. The molecule has 2 aliphatic rings. The van der Waals surface area contributed by atoms with Crippen LogP contribution in [0.15, 0.2) is 72.9 Å². The van der Waals surface area contributed by atoms with Gasteiger partial charge in [0.15, 0.2) is 11.5 Å². The monoisotopic (exact) mass is 556 g/mol. The van der Waals surface area contributed by atoms with Crippen molar-refractivity contribution in [1.82, 2.24) is 10.3 Å². The standard InChI is InChI=1S/C29H24N4O8/c1-41-21-11-5-9-19(25(21)34)24-22-23(27(36)32(26(22)35)16-6-4-7-17(12-16)33(39)40)29(31-24,28(37)38)13-15-14-30-20-10-3-2-8-18(15)20/h2-12,14,22-24,30-31,34H,13H2,1H3,(H,37,38). The minimum Gasteiger partial charge on any atom is -0.504 e. The number of nitro groups is 1. The molecule has 0 aliphatic carbocycles. The molecule has 0 radical (unpaired) electrons. The first-order valence-corrected chi connectivity index (χ1v) is 12.7. The number of carboxylic acids is 1. The summed E-state index contributed by atoms with van der Waals surface area (Å²) in [5.74, 6) is -5.74. The summed E-state index contributed by atoms with van der Waals surface area (Å²) in [6, 6.07) is 15.9. The lowest BCUT2D eigenvalue weighted by atomic mass is 9.76. The topological polar surface area (TPSA) is 175 Å². The second kappa shape index (κ2) is 9.45. The van der Waals surface area contributed by atoms with E-state index in [1.807, 2.05) is 24.3 Å². The number of fused-ring (bicyclic) bond motifs is 2. The van der Waals surface area contributed by atoms with Gasteiger partial charge in [0, 0.05) is 47.3 Å². The zero-order valence-electron chi connectivity index (χ0n) is 21.6. The number of aliphatic carboxylic acids is 1. The molecule has 3 heterocycles. The number of non-ortho nitro benzene ring substituents is 1. The fourth-order valence-corrected chi connectivity index (χ4v) is 6.24. The van der Waals surface area contributed by atoms with Crippen LogP contribution in [0.2, 0.25) is 0 Å². The molecule has 4 unspecified atom stereocenters. The molecule has 0 saturated carbocycles. The van der Waals surface area contributed by atoms with Crippen molar-refractivity contribution >= 4 is 40.1 Å². The minimum absolute atomic E-state index is 0.0383. The third kappa shape index (κ3) is 3.83. The molecule has 4 aromatic rings. The van der Waals surface area contributed by atoms with E-state index in [0.29, 0.717) is 5.56 Å². The van der Waals surface area contributed by atoms with Gasteiger partial charge in [0.1, 0.15) is 5.54 Å². The lowest BCUT2D eigenvalue weighted by Gasteiger charge is -2.31. The fraction of sp³-hybridized carbons (Fsp3) is 0.207. The Balaban J connectivity index is 1.54. The van der Waals surface area contributed by atoms with Crippen LogP contribution < -0.4 is 15.0 Å². The molecule has 3 aromatic carbocycles. The molecule has 12 heteroatoms. The van der Waals surface area contributed by atoms with Crippen LogP contribution in [-0.2, 0) is 20.8 Å². The second-order valence-electron chi connectivity index (χ2n) is 10.1. The van der Waals surface area contributed by atoms with E-state index in [1.165, 1.54) is 37.4 Å². The Morgan fingerprint density at radius 1 is 1.10 bits per heavy atom. The number of benzene rings is 3. The molecule has 12 nitrogen and oxygen atoms in total. The van der Waals surface area contributed by atoms with Gasteiger partial charge in [0.2, 0.25) is 11.8 Å². The molecule has 2 fully saturated rings. The van der Waals surface area contributed by atoms with Crippen LogP contribution >= 0.6 is 0 Å². The van der Waals surface area contributed by atoms with Gasteiger partial charge >= 0.3 is 5.97 Å². The van der Waals surface area contributed by atoms with E-state index < -0.39 is 46.1 Å². The van der Waals surface area contributed by atoms with Gasteiger partial charge in [-0.3, -0.25) is 29.8 Å². The van der Waals surface area contributed by atoms with Crippen molar-refractivity contribution in [2.45, 2.75) is 18.0 Å². The Morgan fingerprint density at radius 2 is 1.85 bits per heavy atom. The van der Waals surface area contributed by atoms with Gasteiger partial charge in [-0.15, -0.1) is 0 Å². The number of H-pyrrole nitrogens is 1. The van der Waals surface area contributed by atoms with Crippen molar-refractivity contribution in [3.05, 3.63) is 94.2 Å². The number of para-hydroxylation sites is 2. The summed E-state index contributed by atoms with van der Waals surface area (Å²) < 4.78 is 5.24. The van der Waals surface area contributed by atoms with E-state index in [-0.39, 0.29) is 34.9 Å².